The van der Waals surface area contributed by atoms with E-state index in [1.807, 2.05) is 60.0 Å². The van der Waals surface area contributed by atoms with Crippen LogP contribution in [0.1, 0.15) is 10.4 Å². The summed E-state index contributed by atoms with van der Waals surface area (Å²) in [6.45, 7) is 0.690. The minimum Gasteiger partial charge on any atom is -0.344 e. The van der Waals surface area contributed by atoms with Crippen molar-refractivity contribution in [3.05, 3.63) is 82.6 Å². The van der Waals surface area contributed by atoms with Crippen LogP contribution in [0.3, 0.4) is 0 Å². The summed E-state index contributed by atoms with van der Waals surface area (Å²) in [7, 11) is 0. The molecule has 0 saturated carbocycles. The third-order valence-corrected chi connectivity index (χ3v) is 4.60. The van der Waals surface area contributed by atoms with Crippen LogP contribution >= 0.6 is 11.3 Å². The molecule has 0 radical (unpaired) electrons. The van der Waals surface area contributed by atoms with Crippen LogP contribution in [0.15, 0.2) is 72.1 Å². The number of carbonyl (C=O) groups excluding carboxylic acids is 2. The first kappa shape index (κ1) is 16.9. The number of hydrogen-bond acceptors (Lipinski definition) is 3. The summed E-state index contributed by atoms with van der Waals surface area (Å²) in [5.41, 5.74) is 3.20. The molecule has 2 N–H and O–H groups in total. The first-order valence-electron chi connectivity index (χ1n) is 7.95. The maximum absolute atomic E-state index is 11.8. The molecule has 2 aromatic carbocycles. The lowest BCUT2D eigenvalue weighted by Gasteiger charge is -2.07. The first-order chi connectivity index (χ1) is 12.2. The predicted octanol–water partition coefficient (Wildman–Crippen LogP) is 3.35. The molecule has 0 bridgehead atoms. The van der Waals surface area contributed by atoms with E-state index in [2.05, 4.69) is 22.8 Å². The zero-order valence-electron chi connectivity index (χ0n) is 13.6. The Morgan fingerprint density at radius 2 is 1.36 bits per heavy atom. The molecule has 5 heteroatoms. The van der Waals surface area contributed by atoms with Gasteiger partial charge in [0.25, 0.3) is 0 Å². The van der Waals surface area contributed by atoms with Crippen molar-refractivity contribution in [3.63, 3.8) is 0 Å². The van der Waals surface area contributed by atoms with Crippen molar-refractivity contribution in [1.82, 2.24) is 10.6 Å². The molecule has 0 saturated heterocycles. The Bertz CT molecular complexity index is 828. The van der Waals surface area contributed by atoms with Crippen molar-refractivity contribution >= 4 is 23.2 Å². The fourth-order valence-electron chi connectivity index (χ4n) is 2.37. The summed E-state index contributed by atoms with van der Waals surface area (Å²) in [6, 6.07) is 21.8. The van der Waals surface area contributed by atoms with E-state index < -0.39 is 11.8 Å². The lowest BCUT2D eigenvalue weighted by molar-refractivity contribution is -0.139. The number of amides is 2. The molecule has 0 aliphatic heterocycles. The highest BCUT2D eigenvalue weighted by Gasteiger charge is 2.12. The van der Waals surface area contributed by atoms with Crippen LogP contribution in [0.5, 0.6) is 0 Å². The Balaban J connectivity index is 1.49. The van der Waals surface area contributed by atoms with Crippen molar-refractivity contribution in [2.45, 2.75) is 13.1 Å². The molecule has 0 aliphatic carbocycles. The highest BCUT2D eigenvalue weighted by atomic mass is 32.1. The molecule has 126 valence electrons. The van der Waals surface area contributed by atoms with E-state index in [4.69, 9.17) is 0 Å². The summed E-state index contributed by atoms with van der Waals surface area (Å²) in [5, 5.41) is 7.18. The van der Waals surface area contributed by atoms with Crippen LogP contribution in [0.2, 0.25) is 0 Å². The first-order valence-corrected chi connectivity index (χ1v) is 8.83. The quantitative estimate of drug-likeness (QED) is 0.693. The Kier molecular flexibility index (Phi) is 5.59. The molecular weight excluding hydrogens is 332 g/mol. The maximum atomic E-state index is 11.8. The SMILES string of the molecule is O=C(NCc1ccc(-c2ccccc2)cc1)C(=O)NCc1cccs1. The van der Waals surface area contributed by atoms with E-state index >= 15 is 0 Å². The Labute approximate surface area is 150 Å². The molecule has 25 heavy (non-hydrogen) atoms. The summed E-state index contributed by atoms with van der Waals surface area (Å²) < 4.78 is 0. The second-order valence-electron chi connectivity index (χ2n) is 5.51. The second-order valence-corrected chi connectivity index (χ2v) is 6.54. The van der Waals surface area contributed by atoms with Crippen LogP contribution in [-0.2, 0) is 22.7 Å². The average Bonchev–Trinajstić information content (AvgIpc) is 3.19. The lowest BCUT2D eigenvalue weighted by atomic mass is 10.0. The molecule has 1 heterocycles. The summed E-state index contributed by atoms with van der Waals surface area (Å²) in [5.74, 6) is -1.24. The molecule has 0 unspecified atom stereocenters. The van der Waals surface area contributed by atoms with Gasteiger partial charge in [0.2, 0.25) is 0 Å². The predicted molar refractivity (Wildman–Crippen MR) is 99.9 cm³/mol. The van der Waals surface area contributed by atoms with Gasteiger partial charge in [0.15, 0.2) is 0 Å². The van der Waals surface area contributed by atoms with Crippen molar-refractivity contribution in [3.8, 4) is 11.1 Å². The number of thiophene rings is 1. The van der Waals surface area contributed by atoms with Gasteiger partial charge in [-0.05, 0) is 28.1 Å². The van der Waals surface area contributed by atoms with E-state index in [0.717, 1.165) is 21.6 Å². The minimum atomic E-state index is -0.622. The van der Waals surface area contributed by atoms with Gasteiger partial charge in [-0.25, -0.2) is 0 Å². The van der Waals surface area contributed by atoms with E-state index in [1.54, 1.807) is 0 Å². The fourth-order valence-corrected chi connectivity index (χ4v) is 3.01. The lowest BCUT2D eigenvalue weighted by Crippen LogP contribution is -2.39. The van der Waals surface area contributed by atoms with Gasteiger partial charge in [-0.2, -0.15) is 0 Å². The normalized spacial score (nSPS) is 10.2. The smallest absolute Gasteiger partial charge is 0.309 e. The second kappa shape index (κ2) is 8.26. The molecule has 1 aromatic heterocycles. The molecule has 0 spiro atoms. The fraction of sp³-hybridized carbons (Fsp3) is 0.100. The zero-order valence-corrected chi connectivity index (χ0v) is 14.4. The average molecular weight is 350 g/mol. The van der Waals surface area contributed by atoms with Crippen molar-refractivity contribution < 1.29 is 9.59 Å². The van der Waals surface area contributed by atoms with Gasteiger partial charge in [-0.1, -0.05) is 60.7 Å². The van der Waals surface area contributed by atoms with E-state index in [1.165, 1.54) is 11.3 Å². The monoisotopic (exact) mass is 350 g/mol. The standard InChI is InChI=1S/C20H18N2O2S/c23-19(20(24)22-14-18-7-4-12-25-18)21-13-15-8-10-17(11-9-15)16-5-2-1-3-6-16/h1-12H,13-14H2,(H,21,23)(H,22,24). The van der Waals surface area contributed by atoms with E-state index in [-0.39, 0.29) is 0 Å². The third kappa shape index (κ3) is 4.78. The molecule has 0 atom stereocenters. The molecule has 3 aromatic rings. The molecule has 3 rings (SSSR count). The zero-order chi connectivity index (χ0) is 17.5. The van der Waals surface area contributed by atoms with Gasteiger partial charge in [-0.3, -0.25) is 9.59 Å². The molecule has 0 fully saturated rings. The van der Waals surface area contributed by atoms with Crippen LogP contribution in [0.4, 0.5) is 0 Å². The molecule has 4 nitrogen and oxygen atoms in total. The Morgan fingerprint density at radius 3 is 2.00 bits per heavy atom. The van der Waals surface area contributed by atoms with Gasteiger partial charge >= 0.3 is 11.8 Å². The van der Waals surface area contributed by atoms with Gasteiger partial charge < -0.3 is 10.6 Å². The van der Waals surface area contributed by atoms with Crippen LogP contribution < -0.4 is 10.6 Å². The third-order valence-electron chi connectivity index (χ3n) is 3.72. The Hall–Kier alpha value is -2.92. The number of hydrogen-bond donors (Lipinski definition) is 2. The molecule has 0 aliphatic rings. The van der Waals surface area contributed by atoms with Gasteiger partial charge in [-0.15, -0.1) is 11.3 Å². The molecule has 2 amide bonds. The number of rotatable bonds is 5. The summed E-state index contributed by atoms with van der Waals surface area (Å²) in [6.07, 6.45) is 0. The largest absolute Gasteiger partial charge is 0.344 e. The van der Waals surface area contributed by atoms with E-state index in [0.29, 0.717) is 13.1 Å². The van der Waals surface area contributed by atoms with Gasteiger partial charge in [0.1, 0.15) is 0 Å². The number of nitrogens with one attached hydrogen (secondary N) is 2. The van der Waals surface area contributed by atoms with Crippen LogP contribution in [0.25, 0.3) is 11.1 Å². The summed E-state index contributed by atoms with van der Waals surface area (Å²) in [4.78, 5) is 24.6. The van der Waals surface area contributed by atoms with Crippen LogP contribution in [-0.4, -0.2) is 11.8 Å². The van der Waals surface area contributed by atoms with Gasteiger partial charge in [0, 0.05) is 11.4 Å². The van der Waals surface area contributed by atoms with Crippen molar-refractivity contribution in [2.24, 2.45) is 0 Å². The minimum absolute atomic E-state index is 0.320. The highest BCUT2D eigenvalue weighted by molar-refractivity contribution is 7.09. The Morgan fingerprint density at radius 1 is 0.720 bits per heavy atom. The maximum Gasteiger partial charge on any atom is 0.309 e. The molecular formula is C20H18N2O2S. The van der Waals surface area contributed by atoms with Gasteiger partial charge in [0.05, 0.1) is 6.54 Å². The van der Waals surface area contributed by atoms with Crippen molar-refractivity contribution in [2.75, 3.05) is 0 Å². The van der Waals surface area contributed by atoms with E-state index in [9.17, 15) is 9.59 Å². The van der Waals surface area contributed by atoms with Crippen LogP contribution in [0, 0.1) is 0 Å². The highest BCUT2D eigenvalue weighted by Crippen LogP contribution is 2.19. The number of benzene rings is 2. The summed E-state index contributed by atoms with van der Waals surface area (Å²) >= 11 is 1.54. The topological polar surface area (TPSA) is 58.2 Å². The van der Waals surface area contributed by atoms with Crippen molar-refractivity contribution in [1.29, 1.82) is 0 Å². The number of carbonyl (C=O) groups is 2.